The van der Waals surface area contributed by atoms with Gasteiger partial charge in [0.05, 0.1) is 18.3 Å². The molecule has 1 fully saturated rings. The first kappa shape index (κ1) is 12.2. The van der Waals surface area contributed by atoms with Crippen molar-refractivity contribution in [1.29, 1.82) is 0 Å². The average Bonchev–Trinajstić information content (AvgIpc) is 3.21. The fourth-order valence-corrected chi connectivity index (χ4v) is 2.62. The molecule has 1 saturated carbocycles. The van der Waals surface area contributed by atoms with Gasteiger partial charge >= 0.3 is 0 Å². The van der Waals surface area contributed by atoms with E-state index in [-0.39, 0.29) is 0 Å². The van der Waals surface area contributed by atoms with Crippen LogP contribution in [0.5, 0.6) is 0 Å². The van der Waals surface area contributed by atoms with Gasteiger partial charge in [0, 0.05) is 17.1 Å². The van der Waals surface area contributed by atoms with Gasteiger partial charge in [-0.1, -0.05) is 0 Å². The van der Waals surface area contributed by atoms with Crippen LogP contribution in [-0.2, 0) is 6.54 Å². The lowest BCUT2D eigenvalue weighted by Gasteiger charge is -2.23. The monoisotopic (exact) mass is 280 g/mol. The predicted molar refractivity (Wildman–Crippen MR) is 81.9 cm³/mol. The number of rotatable bonds is 4. The van der Waals surface area contributed by atoms with E-state index in [1.54, 1.807) is 12.6 Å². The van der Waals surface area contributed by atoms with Crippen molar-refractivity contribution in [3.63, 3.8) is 0 Å². The van der Waals surface area contributed by atoms with Crippen LogP contribution in [0.25, 0.3) is 10.9 Å². The number of hydrogen-bond donors (Lipinski definition) is 1. The van der Waals surface area contributed by atoms with Crippen LogP contribution in [0, 0.1) is 0 Å². The molecule has 1 aliphatic carbocycles. The van der Waals surface area contributed by atoms with Crippen molar-refractivity contribution in [2.45, 2.75) is 25.4 Å². The van der Waals surface area contributed by atoms with E-state index in [4.69, 9.17) is 10.2 Å². The highest BCUT2D eigenvalue weighted by Crippen LogP contribution is 2.35. The van der Waals surface area contributed by atoms with E-state index in [0.717, 1.165) is 34.7 Å². The largest absolute Gasteiger partial charge is 0.467 e. The lowest BCUT2D eigenvalue weighted by Crippen LogP contribution is -2.26. The van der Waals surface area contributed by atoms with Crippen LogP contribution < -0.4 is 10.6 Å². The highest BCUT2D eigenvalue weighted by Gasteiger charge is 2.31. The molecule has 3 aromatic rings. The standard InChI is InChI=1S/C16H16N4O/c17-11-3-6-14-15(8-11)18-10-19-16(14)20(12-4-5-12)9-13-2-1-7-21-13/h1-3,6-8,10,12H,4-5,9,17H2. The lowest BCUT2D eigenvalue weighted by atomic mass is 10.2. The minimum absolute atomic E-state index is 0.533. The summed E-state index contributed by atoms with van der Waals surface area (Å²) in [5, 5.41) is 1.03. The molecule has 0 saturated heterocycles. The van der Waals surface area contributed by atoms with Crippen molar-refractivity contribution in [1.82, 2.24) is 9.97 Å². The summed E-state index contributed by atoms with van der Waals surface area (Å²) in [7, 11) is 0. The Morgan fingerprint density at radius 2 is 2.14 bits per heavy atom. The van der Waals surface area contributed by atoms with Gasteiger partial charge in [-0.25, -0.2) is 9.97 Å². The molecule has 4 rings (SSSR count). The molecular weight excluding hydrogens is 264 g/mol. The Hall–Kier alpha value is -2.56. The topological polar surface area (TPSA) is 68.2 Å². The molecule has 21 heavy (non-hydrogen) atoms. The molecule has 0 bridgehead atoms. The summed E-state index contributed by atoms with van der Waals surface area (Å²) in [5.74, 6) is 1.91. The number of anilines is 2. The minimum atomic E-state index is 0.533. The van der Waals surface area contributed by atoms with Crippen LogP contribution in [0.3, 0.4) is 0 Å². The maximum atomic E-state index is 5.84. The summed E-state index contributed by atoms with van der Waals surface area (Å²) in [6, 6.07) is 10.2. The number of hydrogen-bond acceptors (Lipinski definition) is 5. The summed E-state index contributed by atoms with van der Waals surface area (Å²) in [6.07, 6.45) is 5.70. The molecule has 2 heterocycles. The molecule has 2 aromatic heterocycles. The van der Waals surface area contributed by atoms with Gasteiger partial charge in [0.1, 0.15) is 17.9 Å². The first-order valence-electron chi connectivity index (χ1n) is 7.10. The second-order valence-electron chi connectivity index (χ2n) is 5.41. The van der Waals surface area contributed by atoms with E-state index in [0.29, 0.717) is 6.04 Å². The highest BCUT2D eigenvalue weighted by atomic mass is 16.3. The smallest absolute Gasteiger partial charge is 0.140 e. The number of aromatic nitrogens is 2. The molecule has 0 spiro atoms. The molecule has 0 amide bonds. The van der Waals surface area contributed by atoms with Crippen molar-refractivity contribution in [2.75, 3.05) is 10.6 Å². The van der Waals surface area contributed by atoms with E-state index < -0.39 is 0 Å². The van der Waals surface area contributed by atoms with E-state index in [2.05, 4.69) is 14.9 Å². The Morgan fingerprint density at radius 3 is 2.90 bits per heavy atom. The molecular formula is C16H16N4O. The molecule has 5 nitrogen and oxygen atoms in total. The van der Waals surface area contributed by atoms with Crippen molar-refractivity contribution in [3.05, 3.63) is 48.7 Å². The molecule has 0 aliphatic heterocycles. The van der Waals surface area contributed by atoms with Gasteiger partial charge < -0.3 is 15.1 Å². The summed E-state index contributed by atoms with van der Waals surface area (Å²) < 4.78 is 5.49. The third kappa shape index (κ3) is 2.31. The molecule has 5 heteroatoms. The van der Waals surface area contributed by atoms with Crippen LogP contribution in [0.1, 0.15) is 18.6 Å². The van der Waals surface area contributed by atoms with Gasteiger partial charge in [0.2, 0.25) is 0 Å². The van der Waals surface area contributed by atoms with Crippen LogP contribution in [-0.4, -0.2) is 16.0 Å². The van der Waals surface area contributed by atoms with Crippen LogP contribution in [0.4, 0.5) is 11.5 Å². The summed E-state index contributed by atoms with van der Waals surface area (Å²) in [6.45, 7) is 0.730. The number of nitrogen functional groups attached to an aromatic ring is 1. The molecule has 1 aromatic carbocycles. The third-order valence-corrected chi connectivity index (χ3v) is 3.81. The maximum absolute atomic E-state index is 5.84. The van der Waals surface area contributed by atoms with Gasteiger partial charge in [-0.2, -0.15) is 0 Å². The van der Waals surface area contributed by atoms with Crippen molar-refractivity contribution in [3.8, 4) is 0 Å². The van der Waals surface area contributed by atoms with Gasteiger partial charge in [-0.3, -0.25) is 0 Å². The van der Waals surface area contributed by atoms with Gasteiger partial charge in [0.25, 0.3) is 0 Å². The van der Waals surface area contributed by atoms with Crippen LogP contribution in [0.2, 0.25) is 0 Å². The number of fused-ring (bicyclic) bond motifs is 1. The Balaban J connectivity index is 1.78. The zero-order valence-electron chi connectivity index (χ0n) is 11.6. The quantitative estimate of drug-likeness (QED) is 0.744. The minimum Gasteiger partial charge on any atom is -0.467 e. The normalized spacial score (nSPS) is 14.5. The van der Waals surface area contributed by atoms with E-state index in [1.807, 2.05) is 30.3 Å². The SMILES string of the molecule is Nc1ccc2c(N(Cc3ccco3)C3CC3)ncnc2c1. The Morgan fingerprint density at radius 1 is 1.24 bits per heavy atom. The lowest BCUT2D eigenvalue weighted by molar-refractivity contribution is 0.500. The van der Waals surface area contributed by atoms with Gasteiger partial charge in [-0.15, -0.1) is 0 Å². The molecule has 2 N–H and O–H groups in total. The van der Waals surface area contributed by atoms with Crippen molar-refractivity contribution in [2.24, 2.45) is 0 Å². The second-order valence-corrected chi connectivity index (χ2v) is 5.41. The van der Waals surface area contributed by atoms with Gasteiger partial charge in [0.15, 0.2) is 0 Å². The third-order valence-electron chi connectivity index (χ3n) is 3.81. The zero-order valence-corrected chi connectivity index (χ0v) is 11.6. The number of benzene rings is 1. The Kier molecular flexibility index (Phi) is 2.77. The first-order valence-corrected chi connectivity index (χ1v) is 7.10. The zero-order chi connectivity index (χ0) is 14.2. The molecule has 0 radical (unpaired) electrons. The Labute approximate surface area is 122 Å². The summed E-state index contributed by atoms with van der Waals surface area (Å²) >= 11 is 0. The van der Waals surface area contributed by atoms with E-state index in [9.17, 15) is 0 Å². The van der Waals surface area contributed by atoms with Crippen molar-refractivity contribution >= 4 is 22.4 Å². The predicted octanol–water partition coefficient (Wildman–Crippen LogP) is 2.97. The molecule has 0 unspecified atom stereocenters. The summed E-state index contributed by atoms with van der Waals surface area (Å²) in [4.78, 5) is 11.1. The second kappa shape index (κ2) is 4.77. The number of furan rings is 1. The van der Waals surface area contributed by atoms with Gasteiger partial charge in [-0.05, 0) is 43.2 Å². The molecule has 106 valence electrons. The maximum Gasteiger partial charge on any atom is 0.140 e. The van der Waals surface area contributed by atoms with Crippen LogP contribution in [0.15, 0.2) is 47.3 Å². The fraction of sp³-hybridized carbons (Fsp3) is 0.250. The summed E-state index contributed by atoms with van der Waals surface area (Å²) in [5.41, 5.74) is 7.44. The highest BCUT2D eigenvalue weighted by molar-refractivity contribution is 5.91. The molecule has 1 aliphatic rings. The van der Waals surface area contributed by atoms with E-state index >= 15 is 0 Å². The fourth-order valence-electron chi connectivity index (χ4n) is 2.62. The number of nitrogens with two attached hydrogens (primary N) is 1. The number of nitrogens with zero attached hydrogens (tertiary/aromatic N) is 3. The average molecular weight is 280 g/mol. The first-order chi connectivity index (χ1) is 10.3. The van der Waals surface area contributed by atoms with Crippen LogP contribution >= 0.6 is 0 Å². The van der Waals surface area contributed by atoms with E-state index in [1.165, 1.54) is 12.8 Å². The molecule has 0 atom stereocenters. The van der Waals surface area contributed by atoms with Crippen molar-refractivity contribution < 1.29 is 4.42 Å². The Bertz CT molecular complexity index is 765.